The Morgan fingerprint density at radius 1 is 1.06 bits per heavy atom. The average Bonchev–Trinajstić information content (AvgIpc) is 2.77. The van der Waals surface area contributed by atoms with Crippen LogP contribution in [0.1, 0.15) is 0 Å². The van der Waals surface area contributed by atoms with Crippen LogP contribution >= 0.6 is 0 Å². The highest BCUT2D eigenvalue weighted by Gasteiger charge is 2.45. The topological polar surface area (TPSA) is 159 Å². The first-order valence-electron chi connectivity index (χ1n) is 9.74. The summed E-state index contributed by atoms with van der Waals surface area (Å²) in [6.45, 7) is -0.486. The SMILES string of the molecule is CO[C@@H]1[C@@H](O)[C@H](O)[C@@H](Oc2cc(O)c3c(=O)c(-c4ccc(O)cc4)coc3c2)O[C@H]1CO. The summed E-state index contributed by atoms with van der Waals surface area (Å²) >= 11 is 0. The molecule has 3 aromatic rings. The summed E-state index contributed by atoms with van der Waals surface area (Å²) in [6.07, 6.45) is -4.98. The van der Waals surface area contributed by atoms with Gasteiger partial charge >= 0.3 is 0 Å². The third kappa shape index (κ3) is 3.90. The van der Waals surface area contributed by atoms with Crippen molar-refractivity contribution in [3.8, 4) is 28.4 Å². The van der Waals surface area contributed by atoms with E-state index in [2.05, 4.69) is 0 Å². The average molecular weight is 446 g/mol. The van der Waals surface area contributed by atoms with E-state index in [0.29, 0.717) is 5.56 Å². The number of methoxy groups -OCH3 is 1. The fraction of sp³-hybridized carbons (Fsp3) is 0.318. The number of aliphatic hydroxyl groups excluding tert-OH is 3. The number of benzene rings is 2. The second-order valence-corrected chi connectivity index (χ2v) is 7.37. The number of aromatic hydroxyl groups is 2. The van der Waals surface area contributed by atoms with Gasteiger partial charge < -0.3 is 44.2 Å². The number of ether oxygens (including phenoxy) is 3. The second kappa shape index (κ2) is 8.77. The molecule has 1 saturated heterocycles. The lowest BCUT2D eigenvalue weighted by Gasteiger charge is -2.41. The van der Waals surface area contributed by atoms with Crippen molar-refractivity contribution in [3.05, 3.63) is 52.9 Å². The molecular weight excluding hydrogens is 424 g/mol. The van der Waals surface area contributed by atoms with Gasteiger partial charge in [0.15, 0.2) is 0 Å². The van der Waals surface area contributed by atoms with Gasteiger partial charge in [-0.2, -0.15) is 0 Å². The normalized spacial score (nSPS) is 25.7. The summed E-state index contributed by atoms with van der Waals surface area (Å²) < 4.78 is 21.7. The minimum atomic E-state index is -1.51. The maximum absolute atomic E-state index is 12.9. The van der Waals surface area contributed by atoms with E-state index in [0.717, 1.165) is 6.07 Å². The first-order chi connectivity index (χ1) is 15.3. The maximum atomic E-state index is 12.9. The molecule has 0 amide bonds. The summed E-state index contributed by atoms with van der Waals surface area (Å²) in [5.74, 6) is -0.383. The number of rotatable bonds is 5. The molecule has 4 rings (SSSR count). The zero-order valence-corrected chi connectivity index (χ0v) is 16.9. The van der Waals surface area contributed by atoms with Gasteiger partial charge in [-0.15, -0.1) is 0 Å². The highest BCUT2D eigenvalue weighted by Crippen LogP contribution is 2.33. The predicted molar refractivity (Wildman–Crippen MR) is 110 cm³/mol. The van der Waals surface area contributed by atoms with Crippen LogP contribution in [0.4, 0.5) is 0 Å². The zero-order valence-electron chi connectivity index (χ0n) is 16.9. The Kier molecular flexibility index (Phi) is 6.04. The van der Waals surface area contributed by atoms with Crippen LogP contribution in [0.3, 0.4) is 0 Å². The van der Waals surface area contributed by atoms with Crippen molar-refractivity contribution >= 4 is 11.0 Å². The van der Waals surface area contributed by atoms with Gasteiger partial charge in [0, 0.05) is 19.2 Å². The van der Waals surface area contributed by atoms with Crippen LogP contribution in [0.25, 0.3) is 22.1 Å². The monoisotopic (exact) mass is 446 g/mol. The van der Waals surface area contributed by atoms with Gasteiger partial charge in [0.25, 0.3) is 0 Å². The molecule has 0 bridgehead atoms. The first-order valence-corrected chi connectivity index (χ1v) is 9.74. The number of hydrogen-bond acceptors (Lipinski definition) is 10. The Morgan fingerprint density at radius 3 is 2.44 bits per heavy atom. The van der Waals surface area contributed by atoms with Gasteiger partial charge in [0.05, 0.1) is 12.2 Å². The second-order valence-electron chi connectivity index (χ2n) is 7.37. The van der Waals surface area contributed by atoms with Gasteiger partial charge in [-0.05, 0) is 17.7 Å². The lowest BCUT2D eigenvalue weighted by molar-refractivity contribution is -0.281. The molecule has 5 N–H and O–H groups in total. The van der Waals surface area contributed by atoms with E-state index < -0.39 is 48.5 Å². The van der Waals surface area contributed by atoms with Gasteiger partial charge in [0.2, 0.25) is 11.7 Å². The van der Waals surface area contributed by atoms with Crippen molar-refractivity contribution < 1.29 is 44.2 Å². The molecule has 0 unspecified atom stereocenters. The number of hydrogen-bond donors (Lipinski definition) is 5. The Balaban J connectivity index is 1.66. The summed E-state index contributed by atoms with van der Waals surface area (Å²) in [5.41, 5.74) is 0.209. The molecule has 0 aliphatic carbocycles. The molecule has 0 saturated carbocycles. The third-order valence-electron chi connectivity index (χ3n) is 5.35. The van der Waals surface area contributed by atoms with Crippen LogP contribution in [0.2, 0.25) is 0 Å². The quantitative estimate of drug-likeness (QED) is 0.378. The van der Waals surface area contributed by atoms with Crippen molar-refractivity contribution in [1.29, 1.82) is 0 Å². The fourth-order valence-corrected chi connectivity index (χ4v) is 3.69. The highest BCUT2D eigenvalue weighted by molar-refractivity contribution is 5.88. The molecule has 32 heavy (non-hydrogen) atoms. The minimum absolute atomic E-state index is 0.000611. The van der Waals surface area contributed by atoms with Gasteiger partial charge in [-0.3, -0.25) is 4.79 Å². The predicted octanol–water partition coefficient (Wildman–Crippen LogP) is 0.704. The van der Waals surface area contributed by atoms with Gasteiger partial charge in [-0.1, -0.05) is 12.1 Å². The van der Waals surface area contributed by atoms with E-state index in [1.807, 2.05) is 0 Å². The van der Waals surface area contributed by atoms with Crippen LogP contribution in [0.5, 0.6) is 17.2 Å². The van der Waals surface area contributed by atoms with E-state index >= 15 is 0 Å². The van der Waals surface area contributed by atoms with Crippen molar-refractivity contribution in [2.75, 3.05) is 13.7 Å². The molecule has 1 aromatic heterocycles. The number of phenolic OH excluding ortho intramolecular Hbond substituents is 2. The molecule has 10 nitrogen and oxygen atoms in total. The Bertz CT molecular complexity index is 1150. The molecule has 10 heteroatoms. The molecule has 5 atom stereocenters. The van der Waals surface area contributed by atoms with Gasteiger partial charge in [0.1, 0.15) is 58.9 Å². The summed E-state index contributed by atoms with van der Waals surface area (Å²) in [6, 6.07) is 8.41. The van der Waals surface area contributed by atoms with Crippen LogP contribution in [-0.4, -0.2) is 70.0 Å². The molecule has 170 valence electrons. The van der Waals surface area contributed by atoms with Crippen molar-refractivity contribution in [2.24, 2.45) is 0 Å². The third-order valence-corrected chi connectivity index (χ3v) is 5.35. The summed E-state index contributed by atoms with van der Waals surface area (Å²) in [5, 5.41) is 49.8. The van der Waals surface area contributed by atoms with E-state index in [1.54, 1.807) is 12.1 Å². The van der Waals surface area contributed by atoms with Gasteiger partial charge in [-0.25, -0.2) is 0 Å². The van der Waals surface area contributed by atoms with E-state index in [4.69, 9.17) is 18.6 Å². The standard InChI is InChI=1S/C22H22O10/c1-29-21-16(8-23)32-22(20(28)19(21)27)31-12-6-14(25)17-15(7-12)30-9-13(18(17)26)10-2-4-11(24)5-3-10/h2-7,9,16,19-25,27-28H,8H2,1H3/t16-,19-,20-,21-,22-/m0/s1. The number of aliphatic hydroxyl groups is 3. The zero-order chi connectivity index (χ0) is 23.0. The summed E-state index contributed by atoms with van der Waals surface area (Å²) in [4.78, 5) is 12.9. The van der Waals surface area contributed by atoms with Crippen LogP contribution in [-0.2, 0) is 9.47 Å². The Morgan fingerprint density at radius 2 is 1.78 bits per heavy atom. The lowest BCUT2D eigenvalue weighted by Crippen LogP contribution is -2.60. The number of phenols is 2. The highest BCUT2D eigenvalue weighted by atomic mass is 16.7. The Labute approximate surface area is 181 Å². The van der Waals surface area contributed by atoms with Crippen molar-refractivity contribution in [2.45, 2.75) is 30.7 Å². The largest absolute Gasteiger partial charge is 0.508 e. The lowest BCUT2D eigenvalue weighted by atomic mass is 9.99. The molecule has 0 radical (unpaired) electrons. The molecular formula is C22H22O10. The molecule has 1 fully saturated rings. The van der Waals surface area contributed by atoms with E-state index in [-0.39, 0.29) is 28.0 Å². The van der Waals surface area contributed by atoms with Crippen molar-refractivity contribution in [1.82, 2.24) is 0 Å². The maximum Gasteiger partial charge on any atom is 0.229 e. The van der Waals surface area contributed by atoms with E-state index in [1.165, 1.54) is 31.6 Å². The van der Waals surface area contributed by atoms with E-state index in [9.17, 15) is 30.3 Å². The molecule has 2 heterocycles. The molecule has 2 aromatic carbocycles. The van der Waals surface area contributed by atoms with Crippen LogP contribution in [0, 0.1) is 0 Å². The summed E-state index contributed by atoms with van der Waals surface area (Å²) in [7, 11) is 1.31. The molecule has 0 spiro atoms. The van der Waals surface area contributed by atoms with Crippen LogP contribution in [0.15, 0.2) is 51.9 Å². The minimum Gasteiger partial charge on any atom is -0.508 e. The molecule has 1 aliphatic heterocycles. The number of fused-ring (bicyclic) bond motifs is 1. The molecule has 1 aliphatic rings. The first kappa shape index (κ1) is 22.1. The van der Waals surface area contributed by atoms with Crippen LogP contribution < -0.4 is 10.2 Å². The Hall–Kier alpha value is -3.15. The smallest absolute Gasteiger partial charge is 0.229 e. The fourth-order valence-electron chi connectivity index (χ4n) is 3.69. The van der Waals surface area contributed by atoms with Crippen molar-refractivity contribution in [3.63, 3.8) is 0 Å².